The summed E-state index contributed by atoms with van der Waals surface area (Å²) in [7, 11) is -4.67. The molecule has 0 aromatic carbocycles. The Morgan fingerprint density at radius 2 is 1.60 bits per heavy atom. The van der Waals surface area contributed by atoms with Gasteiger partial charge < -0.3 is 4.23 Å². The van der Waals surface area contributed by atoms with Gasteiger partial charge in [0.2, 0.25) is 0 Å². The van der Waals surface area contributed by atoms with Crippen molar-refractivity contribution >= 4 is 42.3 Å². The average molecular weight is 344 g/mol. The smallest absolute Gasteiger partial charge is 0.188 e. The molecule has 0 aromatic heterocycles. The maximum Gasteiger partial charge on any atom is 0.188 e. The summed E-state index contributed by atoms with van der Waals surface area (Å²) < 4.78 is 2.68. The summed E-state index contributed by atoms with van der Waals surface area (Å²) in [6.07, 6.45) is 5.92. The van der Waals surface area contributed by atoms with Crippen LogP contribution in [0.1, 0.15) is 0 Å². The fraction of sp³-hybridized carbons (Fsp3) is 0.786. The lowest BCUT2D eigenvalue weighted by Crippen LogP contribution is -2.63. The lowest BCUT2D eigenvalue weighted by Gasteiger charge is -2.47. The van der Waals surface area contributed by atoms with Gasteiger partial charge in [-0.25, -0.2) is 0 Å². The molecule has 6 heteroatoms. The van der Waals surface area contributed by atoms with E-state index in [0.29, 0.717) is 0 Å². The van der Waals surface area contributed by atoms with Crippen molar-refractivity contribution in [2.24, 2.45) is 0 Å². The Bertz CT molecular complexity index is 421. The monoisotopic (exact) mass is 343 g/mol. The van der Waals surface area contributed by atoms with E-state index >= 15 is 0 Å². The largest absolute Gasteiger partial charge is 0.332 e. The number of carbonyl (C=O) groups is 1. The standard InChI is InChI=1S/C14H29NOSSi3/c1-9-12(13(14(16)17)18(2,3)4)15-19(5,6)10-11-20(15,7)8/h1,12-13H,10-11H2,2-8H3,(H,16,17). The first-order valence-corrected chi connectivity index (χ1v) is 17.7. The van der Waals surface area contributed by atoms with Crippen LogP contribution in [0.2, 0.25) is 63.5 Å². The minimum Gasteiger partial charge on any atom is -0.332 e. The lowest BCUT2D eigenvalue weighted by atomic mass is 10.2. The second-order valence-corrected chi connectivity index (χ2v) is 23.7. The summed E-state index contributed by atoms with van der Waals surface area (Å²) in [5.74, 6) is 3.00. The van der Waals surface area contributed by atoms with Crippen molar-refractivity contribution in [1.29, 1.82) is 0 Å². The first-order chi connectivity index (χ1) is 8.84. The van der Waals surface area contributed by atoms with Gasteiger partial charge in [0.25, 0.3) is 0 Å². The number of hydrogen-bond donors (Lipinski definition) is 1. The van der Waals surface area contributed by atoms with Crippen LogP contribution in [0.5, 0.6) is 0 Å². The molecule has 1 saturated heterocycles. The van der Waals surface area contributed by atoms with E-state index in [1.165, 1.54) is 12.1 Å². The fourth-order valence-corrected chi connectivity index (χ4v) is 21.8. The molecule has 0 N–H and O–H groups in total. The second-order valence-electron chi connectivity index (χ2n) is 8.29. The molecule has 1 aliphatic rings. The maximum absolute atomic E-state index is 12.2. The van der Waals surface area contributed by atoms with E-state index in [4.69, 9.17) is 6.42 Å². The molecule has 20 heavy (non-hydrogen) atoms. The van der Waals surface area contributed by atoms with E-state index in [-0.39, 0.29) is 16.7 Å². The quantitative estimate of drug-likeness (QED) is 0.475. The SMILES string of the molecule is C#CC(C(C(=O)S)[Si](C)(C)C)N1[Si](C)(C)CC[Si]1(C)C. The molecule has 0 amide bonds. The molecular formula is C14H29NOSSi3. The molecule has 1 aliphatic heterocycles. The van der Waals surface area contributed by atoms with E-state index in [1.807, 2.05) is 0 Å². The topological polar surface area (TPSA) is 20.3 Å². The number of nitrogens with zero attached hydrogens (tertiary/aromatic N) is 1. The molecule has 1 fully saturated rings. The van der Waals surface area contributed by atoms with Gasteiger partial charge in [-0.05, 0) is 12.1 Å². The van der Waals surface area contributed by atoms with Crippen molar-refractivity contribution in [1.82, 2.24) is 4.23 Å². The zero-order chi connectivity index (χ0) is 15.9. The number of thiol groups is 1. The highest BCUT2D eigenvalue weighted by Crippen LogP contribution is 2.43. The zero-order valence-electron chi connectivity index (χ0n) is 13.9. The van der Waals surface area contributed by atoms with Gasteiger partial charge in [-0.3, -0.25) is 4.79 Å². The van der Waals surface area contributed by atoms with Gasteiger partial charge in [0.15, 0.2) is 5.12 Å². The zero-order valence-corrected chi connectivity index (χ0v) is 17.8. The van der Waals surface area contributed by atoms with Gasteiger partial charge in [0.1, 0.15) is 16.5 Å². The van der Waals surface area contributed by atoms with Crippen molar-refractivity contribution in [3.05, 3.63) is 0 Å². The highest BCUT2D eigenvalue weighted by molar-refractivity contribution is 7.97. The predicted molar refractivity (Wildman–Crippen MR) is 100 cm³/mol. The van der Waals surface area contributed by atoms with E-state index in [2.05, 4.69) is 68.6 Å². The second kappa shape index (κ2) is 5.76. The van der Waals surface area contributed by atoms with Gasteiger partial charge in [-0.2, -0.15) is 0 Å². The van der Waals surface area contributed by atoms with Crippen LogP contribution in [0.15, 0.2) is 0 Å². The fourth-order valence-electron chi connectivity index (χ4n) is 3.72. The molecule has 0 bridgehead atoms. The average Bonchev–Trinajstić information content (AvgIpc) is 2.43. The van der Waals surface area contributed by atoms with Crippen LogP contribution in [-0.2, 0) is 4.79 Å². The minimum atomic E-state index is -1.69. The number of rotatable bonds is 4. The van der Waals surface area contributed by atoms with Gasteiger partial charge >= 0.3 is 0 Å². The molecule has 2 unspecified atom stereocenters. The Morgan fingerprint density at radius 1 is 1.20 bits per heavy atom. The maximum atomic E-state index is 12.2. The molecule has 0 radical (unpaired) electrons. The van der Waals surface area contributed by atoms with Crippen LogP contribution < -0.4 is 0 Å². The molecule has 0 aliphatic carbocycles. The summed E-state index contributed by atoms with van der Waals surface area (Å²) in [6.45, 7) is 16.3. The molecule has 0 aromatic rings. The van der Waals surface area contributed by atoms with Crippen LogP contribution in [-0.4, -0.2) is 39.9 Å². The van der Waals surface area contributed by atoms with E-state index in [1.54, 1.807) is 0 Å². The predicted octanol–water partition coefficient (Wildman–Crippen LogP) is 3.88. The summed E-state index contributed by atoms with van der Waals surface area (Å²) in [4.78, 5) is 12.2. The molecular weight excluding hydrogens is 314 g/mol. The van der Waals surface area contributed by atoms with E-state index in [0.717, 1.165) is 0 Å². The Labute approximate surface area is 133 Å². The molecule has 1 heterocycles. The third kappa shape index (κ3) is 3.50. The third-order valence-corrected chi connectivity index (χ3v) is 17.8. The van der Waals surface area contributed by atoms with Crippen molar-refractivity contribution in [3.63, 3.8) is 0 Å². The van der Waals surface area contributed by atoms with Crippen LogP contribution in [0, 0.1) is 12.3 Å². The number of carbonyl (C=O) groups excluding carboxylic acids is 1. The summed E-state index contributed by atoms with van der Waals surface area (Å²) in [6, 6.07) is 2.59. The van der Waals surface area contributed by atoms with E-state index < -0.39 is 24.5 Å². The molecule has 0 saturated carbocycles. The van der Waals surface area contributed by atoms with Crippen molar-refractivity contribution in [3.8, 4) is 12.3 Å². The summed E-state index contributed by atoms with van der Waals surface area (Å²) >= 11 is 4.19. The van der Waals surface area contributed by atoms with Gasteiger partial charge in [0.05, 0.1) is 14.1 Å². The molecule has 2 nitrogen and oxygen atoms in total. The highest BCUT2D eigenvalue weighted by Gasteiger charge is 2.53. The summed E-state index contributed by atoms with van der Waals surface area (Å²) in [5, 5.41) is -0.00591. The first-order valence-electron chi connectivity index (χ1n) is 7.33. The van der Waals surface area contributed by atoms with Crippen LogP contribution >= 0.6 is 12.6 Å². The number of terminal acetylenes is 1. The first kappa shape index (κ1) is 18.2. The van der Waals surface area contributed by atoms with Crippen LogP contribution in [0.25, 0.3) is 0 Å². The number of hydrogen-bond acceptors (Lipinski definition) is 2. The van der Waals surface area contributed by atoms with Gasteiger partial charge in [0, 0.05) is 5.54 Å². The Balaban J connectivity index is 3.31. The third-order valence-electron chi connectivity index (χ3n) is 4.62. The van der Waals surface area contributed by atoms with Crippen LogP contribution in [0.3, 0.4) is 0 Å². The molecule has 114 valence electrons. The Kier molecular flexibility index (Phi) is 5.26. The van der Waals surface area contributed by atoms with Gasteiger partial charge in [-0.15, -0.1) is 19.1 Å². The van der Waals surface area contributed by atoms with E-state index in [9.17, 15) is 4.79 Å². The lowest BCUT2D eigenvalue weighted by molar-refractivity contribution is -0.111. The minimum absolute atomic E-state index is 0.00591. The van der Waals surface area contributed by atoms with Crippen LogP contribution in [0.4, 0.5) is 0 Å². The van der Waals surface area contributed by atoms with Crippen molar-refractivity contribution in [2.75, 3.05) is 0 Å². The van der Waals surface area contributed by atoms with Crippen molar-refractivity contribution in [2.45, 2.75) is 69.5 Å². The Hall–Kier alpha value is 0.191. The molecule has 2 atom stereocenters. The Morgan fingerprint density at radius 3 is 1.85 bits per heavy atom. The van der Waals surface area contributed by atoms with Gasteiger partial charge in [-0.1, -0.05) is 51.7 Å². The normalized spacial score (nSPS) is 24.9. The van der Waals surface area contributed by atoms with Crippen molar-refractivity contribution < 1.29 is 4.79 Å². The highest BCUT2D eigenvalue weighted by atomic mass is 32.1. The molecule has 1 rings (SSSR count). The molecule has 0 spiro atoms. The summed E-state index contributed by atoms with van der Waals surface area (Å²) in [5.41, 5.74) is -0.0625.